The van der Waals surface area contributed by atoms with Crippen LogP contribution in [0.25, 0.3) is 22.6 Å². The number of amides is 1. The number of carbonyl (C=O) groups is 1. The van der Waals surface area contributed by atoms with Gasteiger partial charge in [-0.2, -0.15) is 0 Å². The number of carbonyl (C=O) groups excluding carboxylic acids is 1. The number of nitrogens with one attached hydrogen (secondary N) is 1. The molecule has 1 saturated heterocycles. The molecule has 4 aromatic rings. The van der Waals surface area contributed by atoms with E-state index in [1.54, 1.807) is 22.6 Å². The van der Waals surface area contributed by atoms with Crippen LogP contribution in [0.2, 0.25) is 0 Å². The van der Waals surface area contributed by atoms with Crippen LogP contribution in [-0.2, 0) is 18.3 Å². The highest BCUT2D eigenvalue weighted by molar-refractivity contribution is 5.92. The second-order valence-electron chi connectivity index (χ2n) is 8.27. The summed E-state index contributed by atoms with van der Waals surface area (Å²) in [6, 6.07) is 3.56. The zero-order chi connectivity index (χ0) is 25.2. The lowest BCUT2D eigenvalue weighted by molar-refractivity contribution is 0.0705. The first-order chi connectivity index (χ1) is 17.4. The number of rotatable bonds is 6. The van der Waals surface area contributed by atoms with Crippen LogP contribution in [0, 0.1) is 0 Å². The molecule has 0 aromatic carbocycles. The topological polar surface area (TPSA) is 173 Å². The lowest BCUT2D eigenvalue weighted by Crippen LogP contribution is -2.37. The highest BCUT2D eigenvalue weighted by Gasteiger charge is 2.23. The van der Waals surface area contributed by atoms with Crippen LogP contribution in [0.3, 0.4) is 0 Å². The summed E-state index contributed by atoms with van der Waals surface area (Å²) in [4.78, 5) is 42.7. The molecule has 1 aliphatic rings. The average Bonchev–Trinajstić information content (AvgIpc) is 3.23. The third-order valence-corrected chi connectivity index (χ3v) is 5.87. The Hall–Kier alpha value is -4.43. The van der Waals surface area contributed by atoms with Crippen molar-refractivity contribution in [3.8, 4) is 11.4 Å². The number of hydrogen-bond donors (Lipinski definition) is 3. The predicted octanol–water partition coefficient (Wildman–Crippen LogP) is 0.390. The second kappa shape index (κ2) is 9.67. The molecule has 4 N–H and O–H groups in total. The lowest BCUT2D eigenvalue weighted by atomic mass is 10.2. The minimum atomic E-state index is -0.680. The lowest BCUT2D eigenvalue weighted by Gasteiger charge is -2.28. The van der Waals surface area contributed by atoms with Crippen LogP contribution in [-0.4, -0.2) is 78.9 Å². The van der Waals surface area contributed by atoms with Crippen LogP contribution in [0.15, 0.2) is 30.7 Å². The van der Waals surface area contributed by atoms with E-state index in [0.29, 0.717) is 61.6 Å². The Labute approximate surface area is 205 Å². The summed E-state index contributed by atoms with van der Waals surface area (Å²) in [5.41, 5.74) is 9.58. The minimum absolute atomic E-state index is 0.146. The van der Waals surface area contributed by atoms with Gasteiger partial charge in [0.15, 0.2) is 22.8 Å². The molecule has 0 atom stereocenters. The summed E-state index contributed by atoms with van der Waals surface area (Å²) in [7, 11) is 3.72. The summed E-state index contributed by atoms with van der Waals surface area (Å²) in [5.74, 6) is 2.12. The Balaban J connectivity index is 1.52. The van der Waals surface area contributed by atoms with Gasteiger partial charge in [0.1, 0.15) is 11.6 Å². The van der Waals surface area contributed by atoms with E-state index in [1.165, 1.54) is 12.4 Å². The number of nitrogen functional groups attached to an aromatic ring is 1. The van der Waals surface area contributed by atoms with Gasteiger partial charge in [0.25, 0.3) is 5.91 Å². The number of fused-ring (bicyclic) bond motifs is 1. The van der Waals surface area contributed by atoms with Gasteiger partial charge < -0.3 is 24.8 Å². The third-order valence-electron chi connectivity index (χ3n) is 5.87. The summed E-state index contributed by atoms with van der Waals surface area (Å²) in [6.07, 6.45) is 4.34. The molecule has 4 aromatic heterocycles. The van der Waals surface area contributed by atoms with Gasteiger partial charge in [0.2, 0.25) is 5.95 Å². The maximum Gasteiger partial charge on any atom is 0.277 e. The number of aryl methyl sites for hydroxylation is 1. The van der Waals surface area contributed by atoms with Crippen LogP contribution < -0.4 is 21.0 Å². The first-order valence-corrected chi connectivity index (χ1v) is 11.2. The molecule has 186 valence electrons. The number of morpholine rings is 1. The number of imidazole rings is 1. The molecule has 36 heavy (non-hydrogen) atoms. The molecule has 5 rings (SSSR count). The Morgan fingerprint density at radius 3 is 2.56 bits per heavy atom. The zero-order valence-electron chi connectivity index (χ0n) is 19.8. The number of ether oxygens (including phenoxy) is 1. The summed E-state index contributed by atoms with van der Waals surface area (Å²) >= 11 is 0. The molecular weight excluding hydrogens is 466 g/mol. The number of hydroxylamine groups is 1. The predicted molar refractivity (Wildman–Crippen MR) is 130 cm³/mol. The van der Waals surface area contributed by atoms with E-state index in [4.69, 9.17) is 30.6 Å². The van der Waals surface area contributed by atoms with Gasteiger partial charge in [-0.3, -0.25) is 10.0 Å². The first kappa shape index (κ1) is 23.3. The van der Waals surface area contributed by atoms with Crippen molar-refractivity contribution >= 4 is 34.7 Å². The Bertz CT molecular complexity index is 1380. The number of aromatic nitrogens is 7. The van der Waals surface area contributed by atoms with Crippen LogP contribution in [0.5, 0.6) is 0 Å². The number of hydrogen-bond acceptors (Lipinski definition) is 12. The van der Waals surface area contributed by atoms with Crippen molar-refractivity contribution in [2.75, 3.05) is 48.9 Å². The van der Waals surface area contributed by atoms with E-state index in [-0.39, 0.29) is 5.56 Å². The van der Waals surface area contributed by atoms with Crippen molar-refractivity contribution < 1.29 is 14.7 Å². The molecule has 0 bridgehead atoms. The van der Waals surface area contributed by atoms with Gasteiger partial charge >= 0.3 is 0 Å². The van der Waals surface area contributed by atoms with E-state index in [1.807, 2.05) is 24.7 Å². The minimum Gasteiger partial charge on any atom is -0.384 e. The van der Waals surface area contributed by atoms with Crippen molar-refractivity contribution in [1.82, 2.24) is 40.0 Å². The summed E-state index contributed by atoms with van der Waals surface area (Å²) < 4.78 is 7.44. The van der Waals surface area contributed by atoms with Gasteiger partial charge in [-0.15, -0.1) is 0 Å². The fraction of sp³-hybridized carbons (Fsp3) is 0.318. The van der Waals surface area contributed by atoms with Crippen LogP contribution in [0.1, 0.15) is 16.2 Å². The standard InChI is InChI=1S/C22H25N11O3/c1-31(22-25-10-14(11-26-22)21(34)30-35)12-16-27-17-19(32(16)2)28-18(13-3-4-15(23)24-9-13)29-20(17)33-5-7-36-8-6-33/h3-4,9-11,35H,5-8,12H2,1-2H3,(H2,23,24)(H,30,34). The van der Waals surface area contributed by atoms with E-state index in [0.717, 1.165) is 17.2 Å². The maximum atomic E-state index is 11.5. The van der Waals surface area contributed by atoms with Gasteiger partial charge in [-0.25, -0.2) is 35.4 Å². The number of pyridine rings is 1. The normalized spacial score (nSPS) is 13.7. The Morgan fingerprint density at radius 1 is 1.14 bits per heavy atom. The van der Waals surface area contributed by atoms with Crippen molar-refractivity contribution in [2.45, 2.75) is 6.54 Å². The SMILES string of the molecule is CN(Cc1nc2c(N3CCOCC3)nc(-c3ccc(N)nc3)nc2n1C)c1ncc(C(=O)NO)cn1. The fourth-order valence-electron chi connectivity index (χ4n) is 3.88. The highest BCUT2D eigenvalue weighted by Crippen LogP contribution is 2.28. The molecule has 1 amide bonds. The maximum absolute atomic E-state index is 11.5. The average molecular weight is 492 g/mol. The van der Waals surface area contributed by atoms with Crippen molar-refractivity contribution in [1.29, 1.82) is 0 Å². The van der Waals surface area contributed by atoms with Gasteiger partial charge in [0, 0.05) is 51.3 Å². The van der Waals surface area contributed by atoms with Crippen LogP contribution >= 0.6 is 0 Å². The van der Waals surface area contributed by atoms with Gasteiger partial charge in [-0.05, 0) is 12.1 Å². The van der Waals surface area contributed by atoms with E-state index in [2.05, 4.69) is 19.9 Å². The smallest absolute Gasteiger partial charge is 0.277 e. The number of anilines is 3. The molecule has 14 heteroatoms. The van der Waals surface area contributed by atoms with Crippen molar-refractivity contribution in [3.63, 3.8) is 0 Å². The second-order valence-corrected chi connectivity index (χ2v) is 8.27. The largest absolute Gasteiger partial charge is 0.384 e. The number of nitrogens with two attached hydrogens (primary N) is 1. The molecule has 0 aliphatic carbocycles. The van der Waals surface area contributed by atoms with Gasteiger partial charge in [0.05, 0.1) is 25.3 Å². The first-order valence-electron chi connectivity index (χ1n) is 11.2. The third kappa shape index (κ3) is 4.46. The highest BCUT2D eigenvalue weighted by atomic mass is 16.5. The van der Waals surface area contributed by atoms with Gasteiger partial charge in [-0.1, -0.05) is 0 Å². The summed E-state index contributed by atoms with van der Waals surface area (Å²) in [6.45, 7) is 2.97. The molecule has 0 spiro atoms. The Kier molecular flexibility index (Phi) is 6.26. The van der Waals surface area contributed by atoms with E-state index >= 15 is 0 Å². The summed E-state index contributed by atoms with van der Waals surface area (Å²) in [5, 5.41) is 8.78. The molecule has 5 heterocycles. The molecular formula is C22H25N11O3. The fourth-order valence-corrected chi connectivity index (χ4v) is 3.88. The quantitative estimate of drug-likeness (QED) is 0.250. The molecule has 1 fully saturated rings. The van der Waals surface area contributed by atoms with E-state index < -0.39 is 5.91 Å². The zero-order valence-corrected chi connectivity index (χ0v) is 19.8. The Morgan fingerprint density at radius 2 is 1.89 bits per heavy atom. The van der Waals surface area contributed by atoms with Crippen molar-refractivity contribution in [3.05, 3.63) is 42.1 Å². The molecule has 0 unspecified atom stereocenters. The van der Waals surface area contributed by atoms with E-state index in [9.17, 15) is 4.79 Å². The molecule has 0 radical (unpaired) electrons. The number of nitrogens with zero attached hydrogens (tertiary/aromatic N) is 9. The van der Waals surface area contributed by atoms with Crippen molar-refractivity contribution in [2.24, 2.45) is 7.05 Å². The monoisotopic (exact) mass is 491 g/mol. The molecule has 0 saturated carbocycles. The van der Waals surface area contributed by atoms with Crippen LogP contribution in [0.4, 0.5) is 17.6 Å². The molecule has 14 nitrogen and oxygen atoms in total. The molecule has 1 aliphatic heterocycles.